The normalized spacial score (nSPS) is 10.6. The van der Waals surface area contributed by atoms with Gasteiger partial charge in [-0.3, -0.25) is 0 Å². The maximum absolute atomic E-state index is 12.7. The third-order valence-electron chi connectivity index (χ3n) is 1.65. The van der Waals surface area contributed by atoms with Gasteiger partial charge in [-0.2, -0.15) is 0 Å². The van der Waals surface area contributed by atoms with Gasteiger partial charge in [0.2, 0.25) is 0 Å². The highest BCUT2D eigenvalue weighted by molar-refractivity contribution is 5.89. The number of nitrogens with one attached hydrogen (secondary N) is 1. The molecule has 11 heavy (non-hydrogen) atoms. The molecule has 0 unspecified atom stereocenters. The van der Waals surface area contributed by atoms with Crippen molar-refractivity contribution in [2.75, 3.05) is 5.73 Å². The highest BCUT2D eigenvalue weighted by Crippen LogP contribution is 2.20. The zero-order valence-electron chi connectivity index (χ0n) is 5.76. The van der Waals surface area contributed by atoms with Crippen LogP contribution in [0.1, 0.15) is 0 Å². The Hall–Kier alpha value is -1.51. The molecule has 0 atom stereocenters. The number of hydrogen-bond acceptors (Lipinski definition) is 1. The molecule has 0 amide bonds. The SMILES string of the molecule is Nc1cc(F)cc2cc[nH]c12. The Labute approximate surface area is 62.8 Å². The van der Waals surface area contributed by atoms with Crippen LogP contribution in [0.5, 0.6) is 0 Å². The van der Waals surface area contributed by atoms with Gasteiger partial charge in [-0.15, -0.1) is 0 Å². The van der Waals surface area contributed by atoms with Gasteiger partial charge in [0.25, 0.3) is 0 Å². The van der Waals surface area contributed by atoms with E-state index in [9.17, 15) is 4.39 Å². The Morgan fingerprint density at radius 2 is 2.18 bits per heavy atom. The van der Waals surface area contributed by atoms with Crippen molar-refractivity contribution in [1.29, 1.82) is 0 Å². The number of anilines is 1. The lowest BCUT2D eigenvalue weighted by atomic mass is 10.2. The maximum atomic E-state index is 12.7. The molecule has 2 rings (SSSR count). The van der Waals surface area contributed by atoms with E-state index in [0.717, 1.165) is 10.9 Å². The predicted molar refractivity (Wildman–Crippen MR) is 42.7 cm³/mol. The smallest absolute Gasteiger partial charge is 0.126 e. The van der Waals surface area contributed by atoms with Crippen LogP contribution in [0.2, 0.25) is 0 Å². The Bertz CT molecular complexity index is 392. The number of aromatic amines is 1. The average molecular weight is 150 g/mol. The average Bonchev–Trinajstić information content (AvgIpc) is 2.34. The lowest BCUT2D eigenvalue weighted by Crippen LogP contribution is -1.87. The Morgan fingerprint density at radius 1 is 1.36 bits per heavy atom. The molecular weight excluding hydrogens is 143 g/mol. The van der Waals surface area contributed by atoms with Crippen LogP contribution in [0.25, 0.3) is 10.9 Å². The van der Waals surface area contributed by atoms with Crippen molar-refractivity contribution in [3.63, 3.8) is 0 Å². The van der Waals surface area contributed by atoms with Crippen LogP contribution < -0.4 is 5.73 Å². The van der Waals surface area contributed by atoms with Gasteiger partial charge in [0, 0.05) is 11.6 Å². The van der Waals surface area contributed by atoms with Crippen molar-refractivity contribution in [1.82, 2.24) is 4.98 Å². The van der Waals surface area contributed by atoms with E-state index in [0.29, 0.717) is 5.69 Å². The van der Waals surface area contributed by atoms with Gasteiger partial charge in [-0.1, -0.05) is 0 Å². The largest absolute Gasteiger partial charge is 0.397 e. The molecule has 0 spiro atoms. The second-order valence-electron chi connectivity index (χ2n) is 2.44. The van der Waals surface area contributed by atoms with Gasteiger partial charge < -0.3 is 10.7 Å². The van der Waals surface area contributed by atoms with E-state index in [-0.39, 0.29) is 5.82 Å². The Balaban J connectivity index is 2.91. The molecule has 0 radical (unpaired) electrons. The minimum atomic E-state index is -0.297. The molecule has 0 aliphatic heterocycles. The van der Waals surface area contributed by atoms with Crippen LogP contribution in [0.4, 0.5) is 10.1 Å². The van der Waals surface area contributed by atoms with Gasteiger partial charge in [0.1, 0.15) is 5.82 Å². The van der Waals surface area contributed by atoms with Gasteiger partial charge in [0.15, 0.2) is 0 Å². The first-order valence-corrected chi connectivity index (χ1v) is 3.29. The molecule has 0 saturated heterocycles. The zero-order chi connectivity index (χ0) is 7.84. The molecule has 0 aliphatic carbocycles. The number of benzene rings is 1. The first-order chi connectivity index (χ1) is 5.27. The second-order valence-corrected chi connectivity index (χ2v) is 2.44. The van der Waals surface area contributed by atoms with Gasteiger partial charge in [0.05, 0.1) is 11.2 Å². The van der Waals surface area contributed by atoms with E-state index in [4.69, 9.17) is 5.73 Å². The summed E-state index contributed by atoms with van der Waals surface area (Å²) < 4.78 is 12.7. The van der Waals surface area contributed by atoms with E-state index in [2.05, 4.69) is 4.98 Å². The molecular formula is C8H7FN2. The third kappa shape index (κ3) is 0.852. The van der Waals surface area contributed by atoms with E-state index in [1.54, 1.807) is 12.3 Å². The first-order valence-electron chi connectivity index (χ1n) is 3.29. The number of nitrogens with two attached hydrogens (primary N) is 1. The summed E-state index contributed by atoms with van der Waals surface area (Å²) in [4.78, 5) is 2.92. The molecule has 2 nitrogen and oxygen atoms in total. The fourth-order valence-electron chi connectivity index (χ4n) is 1.16. The summed E-state index contributed by atoms with van der Waals surface area (Å²) in [5.41, 5.74) is 6.78. The van der Waals surface area contributed by atoms with E-state index < -0.39 is 0 Å². The number of rotatable bonds is 0. The minimum Gasteiger partial charge on any atom is -0.397 e. The molecule has 1 aromatic carbocycles. The van der Waals surface area contributed by atoms with Crippen LogP contribution >= 0.6 is 0 Å². The van der Waals surface area contributed by atoms with Crippen molar-refractivity contribution in [3.05, 3.63) is 30.2 Å². The predicted octanol–water partition coefficient (Wildman–Crippen LogP) is 1.89. The van der Waals surface area contributed by atoms with Crippen LogP contribution in [-0.2, 0) is 0 Å². The Morgan fingerprint density at radius 3 is 3.00 bits per heavy atom. The summed E-state index contributed by atoms with van der Waals surface area (Å²) in [5, 5.41) is 0.808. The molecule has 3 heteroatoms. The molecule has 0 saturated carbocycles. The third-order valence-corrected chi connectivity index (χ3v) is 1.65. The molecule has 56 valence electrons. The standard InChI is InChI=1S/C8H7FN2/c9-6-3-5-1-2-11-8(5)7(10)4-6/h1-4,11H,10H2. The Kier molecular flexibility index (Phi) is 1.12. The number of hydrogen-bond donors (Lipinski definition) is 2. The highest BCUT2D eigenvalue weighted by atomic mass is 19.1. The van der Waals surface area contributed by atoms with E-state index >= 15 is 0 Å². The lowest BCUT2D eigenvalue weighted by Gasteiger charge is -1.95. The van der Waals surface area contributed by atoms with Crippen LogP contribution in [-0.4, -0.2) is 4.98 Å². The second kappa shape index (κ2) is 1.99. The van der Waals surface area contributed by atoms with Crippen LogP contribution in [0.15, 0.2) is 24.4 Å². The molecule has 1 heterocycles. The molecule has 2 aromatic rings. The number of aromatic nitrogens is 1. The fraction of sp³-hybridized carbons (Fsp3) is 0. The fourth-order valence-corrected chi connectivity index (χ4v) is 1.16. The van der Waals surface area contributed by atoms with Gasteiger partial charge >= 0.3 is 0 Å². The number of fused-ring (bicyclic) bond motifs is 1. The highest BCUT2D eigenvalue weighted by Gasteiger charge is 2.00. The molecule has 0 aliphatic rings. The number of nitrogen functional groups attached to an aromatic ring is 1. The van der Waals surface area contributed by atoms with E-state index in [1.807, 2.05) is 0 Å². The van der Waals surface area contributed by atoms with Crippen molar-refractivity contribution in [3.8, 4) is 0 Å². The quantitative estimate of drug-likeness (QED) is 0.553. The minimum absolute atomic E-state index is 0.297. The topological polar surface area (TPSA) is 41.8 Å². The summed E-state index contributed by atoms with van der Waals surface area (Å²) in [6.07, 6.45) is 1.74. The number of halogens is 1. The lowest BCUT2D eigenvalue weighted by molar-refractivity contribution is 0.630. The molecule has 0 bridgehead atoms. The molecule has 0 fully saturated rings. The summed E-state index contributed by atoms with van der Waals surface area (Å²) in [7, 11) is 0. The van der Waals surface area contributed by atoms with Crippen molar-refractivity contribution in [2.24, 2.45) is 0 Å². The monoisotopic (exact) mass is 150 g/mol. The molecule has 1 aromatic heterocycles. The van der Waals surface area contributed by atoms with Crippen LogP contribution in [0, 0.1) is 5.82 Å². The van der Waals surface area contributed by atoms with Gasteiger partial charge in [-0.05, 0) is 18.2 Å². The van der Waals surface area contributed by atoms with Crippen molar-refractivity contribution >= 4 is 16.6 Å². The van der Waals surface area contributed by atoms with Crippen LogP contribution in [0.3, 0.4) is 0 Å². The summed E-state index contributed by atoms with van der Waals surface area (Å²) in [6, 6.07) is 4.54. The summed E-state index contributed by atoms with van der Waals surface area (Å²) >= 11 is 0. The van der Waals surface area contributed by atoms with E-state index in [1.165, 1.54) is 12.1 Å². The number of H-pyrrole nitrogens is 1. The summed E-state index contributed by atoms with van der Waals surface area (Å²) in [5.74, 6) is -0.297. The van der Waals surface area contributed by atoms with Crippen molar-refractivity contribution in [2.45, 2.75) is 0 Å². The van der Waals surface area contributed by atoms with Gasteiger partial charge in [-0.25, -0.2) is 4.39 Å². The summed E-state index contributed by atoms with van der Waals surface area (Å²) in [6.45, 7) is 0. The van der Waals surface area contributed by atoms with Crippen molar-refractivity contribution < 1.29 is 4.39 Å². The molecule has 3 N–H and O–H groups in total. The first kappa shape index (κ1) is 6.22. The zero-order valence-corrected chi connectivity index (χ0v) is 5.76. The maximum Gasteiger partial charge on any atom is 0.126 e.